The van der Waals surface area contributed by atoms with Gasteiger partial charge in [-0.3, -0.25) is 19.2 Å². The fourth-order valence-corrected chi connectivity index (χ4v) is 4.14. The van der Waals surface area contributed by atoms with E-state index < -0.39 is 0 Å². The maximum atomic E-state index is 13.1. The molecule has 1 aromatic carbocycles. The van der Waals surface area contributed by atoms with Crippen LogP contribution in [0.4, 0.5) is 4.39 Å². The van der Waals surface area contributed by atoms with Crippen LogP contribution in [0, 0.1) is 5.82 Å². The monoisotopic (exact) mass is 439 g/mol. The Morgan fingerprint density at radius 3 is 2.66 bits per heavy atom. The number of nitrogens with zero attached hydrogens (tertiary/aromatic N) is 8. The summed E-state index contributed by atoms with van der Waals surface area (Å²) < 4.78 is 16.4. The molecule has 2 aromatic heterocycles. The van der Waals surface area contributed by atoms with Gasteiger partial charge in [0.15, 0.2) is 5.82 Å². The van der Waals surface area contributed by atoms with Gasteiger partial charge in [0.2, 0.25) is 11.6 Å². The number of carbonyl (C=O) groups excluding carboxylic acids is 2. The molecule has 0 aliphatic carbocycles. The third-order valence-electron chi connectivity index (χ3n) is 5.83. The van der Waals surface area contributed by atoms with Gasteiger partial charge in [0.1, 0.15) is 12.1 Å². The molecule has 12 heteroatoms. The zero-order valence-electron chi connectivity index (χ0n) is 17.5. The minimum Gasteiger partial charge on any atom is -0.345 e. The smallest absolute Gasteiger partial charge is 0.293 e. The second kappa shape index (κ2) is 8.11. The van der Waals surface area contributed by atoms with Crippen LogP contribution >= 0.6 is 0 Å². The lowest BCUT2D eigenvalue weighted by Crippen LogP contribution is -2.54. The van der Waals surface area contributed by atoms with E-state index in [1.54, 1.807) is 24.1 Å². The first kappa shape index (κ1) is 20.2. The lowest BCUT2D eigenvalue weighted by molar-refractivity contribution is 0.0364. The molecule has 0 unspecified atom stereocenters. The normalized spacial score (nSPS) is 18.2. The lowest BCUT2D eigenvalue weighted by atomic mass is 10.1. The summed E-state index contributed by atoms with van der Waals surface area (Å²) in [5, 5.41) is 15.3. The first-order chi connectivity index (χ1) is 15.5. The van der Waals surface area contributed by atoms with Gasteiger partial charge in [-0.2, -0.15) is 0 Å². The average molecular weight is 439 g/mol. The second-order valence-electron chi connectivity index (χ2n) is 7.89. The number of rotatable bonds is 4. The summed E-state index contributed by atoms with van der Waals surface area (Å²) in [6, 6.07) is 5.79. The van der Waals surface area contributed by atoms with Crippen LogP contribution in [-0.2, 0) is 20.1 Å². The van der Waals surface area contributed by atoms with Crippen LogP contribution in [0.3, 0.4) is 0 Å². The highest BCUT2D eigenvalue weighted by molar-refractivity contribution is 5.91. The summed E-state index contributed by atoms with van der Waals surface area (Å²) >= 11 is 0. The van der Waals surface area contributed by atoms with E-state index in [4.69, 9.17) is 0 Å². The number of amides is 2. The predicted molar refractivity (Wildman–Crippen MR) is 109 cm³/mol. The zero-order chi connectivity index (χ0) is 22.2. The Labute approximate surface area is 182 Å². The molecule has 1 saturated heterocycles. The molecule has 1 atom stereocenters. The van der Waals surface area contributed by atoms with E-state index in [0.717, 1.165) is 12.1 Å². The highest BCUT2D eigenvalue weighted by Gasteiger charge is 2.38. The molecule has 0 bridgehead atoms. The number of hydrogen-bond donors (Lipinski definition) is 1. The average Bonchev–Trinajstić information content (AvgIpc) is 3.44. The van der Waals surface area contributed by atoms with E-state index in [1.807, 2.05) is 4.57 Å². The van der Waals surface area contributed by atoms with Gasteiger partial charge < -0.3 is 14.8 Å². The Bertz CT molecular complexity index is 1160. The molecule has 2 aliphatic heterocycles. The van der Waals surface area contributed by atoms with Crippen molar-refractivity contribution in [3.63, 3.8) is 0 Å². The van der Waals surface area contributed by atoms with Crippen molar-refractivity contribution < 1.29 is 14.0 Å². The molecule has 1 fully saturated rings. The Balaban J connectivity index is 1.30. The minimum absolute atomic E-state index is 0.156. The van der Waals surface area contributed by atoms with Crippen LogP contribution in [-0.4, -0.2) is 77.3 Å². The summed E-state index contributed by atoms with van der Waals surface area (Å²) in [5.41, 5.74) is 0.786. The van der Waals surface area contributed by atoms with Crippen LogP contribution in [0.25, 0.3) is 0 Å². The molecule has 0 saturated carbocycles. The van der Waals surface area contributed by atoms with E-state index in [1.165, 1.54) is 23.1 Å². The van der Waals surface area contributed by atoms with Crippen LogP contribution in [0.2, 0.25) is 0 Å². The maximum Gasteiger partial charge on any atom is 0.293 e. The Kier molecular flexibility index (Phi) is 5.13. The van der Waals surface area contributed by atoms with E-state index in [0.29, 0.717) is 32.0 Å². The van der Waals surface area contributed by atoms with E-state index in [9.17, 15) is 14.0 Å². The van der Waals surface area contributed by atoms with Gasteiger partial charge in [-0.15, -0.1) is 15.3 Å². The molecule has 4 heterocycles. The van der Waals surface area contributed by atoms with Gasteiger partial charge in [-0.25, -0.2) is 9.37 Å². The predicted octanol–water partition coefficient (Wildman–Crippen LogP) is -0.0116. The number of nitrogens with one attached hydrogen (secondary N) is 1. The van der Waals surface area contributed by atoms with Crippen LogP contribution in [0.1, 0.15) is 38.7 Å². The zero-order valence-corrected chi connectivity index (χ0v) is 17.5. The Hall–Kier alpha value is -3.67. The first-order valence-electron chi connectivity index (χ1n) is 10.3. The SMILES string of the molecule is Cn1cnc(C(=O)N2CCN3CCn4c(C(=O)NCc5ccc(F)cc5)nnc4[C@H]3C2)n1. The van der Waals surface area contributed by atoms with E-state index >= 15 is 0 Å². The van der Waals surface area contributed by atoms with Gasteiger partial charge in [0.05, 0.1) is 6.04 Å². The van der Waals surface area contributed by atoms with Crippen molar-refractivity contribution in [2.45, 2.75) is 19.1 Å². The molecule has 2 amide bonds. The number of fused-ring (bicyclic) bond motifs is 3. The summed E-state index contributed by atoms with van der Waals surface area (Å²) in [7, 11) is 1.72. The number of benzene rings is 1. The summed E-state index contributed by atoms with van der Waals surface area (Å²) in [4.78, 5) is 33.5. The van der Waals surface area contributed by atoms with Gasteiger partial charge in [0.25, 0.3) is 11.8 Å². The van der Waals surface area contributed by atoms with E-state index in [2.05, 4.69) is 30.5 Å². The Morgan fingerprint density at radius 2 is 1.91 bits per heavy atom. The number of aryl methyl sites for hydroxylation is 1. The van der Waals surface area contributed by atoms with Crippen molar-refractivity contribution in [3.8, 4) is 0 Å². The third kappa shape index (κ3) is 3.73. The largest absolute Gasteiger partial charge is 0.345 e. The summed E-state index contributed by atoms with van der Waals surface area (Å²) in [6.45, 7) is 3.28. The molecule has 2 aliphatic rings. The van der Waals surface area contributed by atoms with Crippen LogP contribution in [0.15, 0.2) is 30.6 Å². The van der Waals surface area contributed by atoms with Crippen molar-refractivity contribution in [3.05, 3.63) is 59.4 Å². The van der Waals surface area contributed by atoms with Crippen molar-refractivity contribution in [1.82, 2.24) is 44.6 Å². The van der Waals surface area contributed by atoms with Gasteiger partial charge in [-0.1, -0.05) is 12.1 Å². The number of piperazine rings is 1. The van der Waals surface area contributed by atoms with Gasteiger partial charge in [0, 0.05) is 46.3 Å². The topological polar surface area (TPSA) is 114 Å². The molecular weight excluding hydrogens is 417 g/mol. The highest BCUT2D eigenvalue weighted by Crippen LogP contribution is 2.29. The number of carbonyl (C=O) groups is 2. The summed E-state index contributed by atoms with van der Waals surface area (Å²) in [5.74, 6) is 0.169. The van der Waals surface area contributed by atoms with Gasteiger partial charge >= 0.3 is 0 Å². The van der Waals surface area contributed by atoms with Crippen molar-refractivity contribution in [2.24, 2.45) is 7.05 Å². The molecule has 5 rings (SSSR count). The lowest BCUT2D eigenvalue weighted by Gasteiger charge is -2.43. The number of hydrogen-bond acceptors (Lipinski definition) is 7. The molecule has 166 valence electrons. The van der Waals surface area contributed by atoms with Crippen LogP contribution in [0.5, 0.6) is 0 Å². The standard InChI is InChI=1S/C20H22FN9O2/c1-27-12-23-16(26-27)20(32)29-7-6-28-8-9-30-17(15(28)11-29)24-25-18(30)19(31)22-10-13-2-4-14(21)5-3-13/h2-5,12,15H,6-11H2,1H3,(H,22,31)/t15-/m1/s1. The summed E-state index contributed by atoms with van der Waals surface area (Å²) in [6.07, 6.45) is 1.50. The fourth-order valence-electron chi connectivity index (χ4n) is 4.14. The van der Waals surface area contributed by atoms with Crippen molar-refractivity contribution in [2.75, 3.05) is 26.2 Å². The maximum absolute atomic E-state index is 13.1. The highest BCUT2D eigenvalue weighted by atomic mass is 19.1. The second-order valence-corrected chi connectivity index (χ2v) is 7.89. The first-order valence-corrected chi connectivity index (χ1v) is 10.3. The molecular formula is C20H22FN9O2. The minimum atomic E-state index is -0.344. The van der Waals surface area contributed by atoms with Crippen molar-refractivity contribution >= 4 is 11.8 Å². The Morgan fingerprint density at radius 1 is 1.12 bits per heavy atom. The number of halogens is 1. The molecule has 1 N–H and O–H groups in total. The molecule has 11 nitrogen and oxygen atoms in total. The molecule has 0 spiro atoms. The van der Waals surface area contributed by atoms with Crippen LogP contribution < -0.4 is 5.32 Å². The molecule has 0 radical (unpaired) electrons. The molecule has 32 heavy (non-hydrogen) atoms. The quantitative estimate of drug-likeness (QED) is 0.608. The van der Waals surface area contributed by atoms with E-state index in [-0.39, 0.29) is 41.9 Å². The fraction of sp³-hybridized carbons (Fsp3) is 0.400. The third-order valence-corrected chi connectivity index (χ3v) is 5.83. The van der Waals surface area contributed by atoms with Crippen molar-refractivity contribution in [1.29, 1.82) is 0 Å². The van der Waals surface area contributed by atoms with Gasteiger partial charge in [-0.05, 0) is 17.7 Å². The number of aromatic nitrogens is 6. The molecule has 3 aromatic rings.